The van der Waals surface area contributed by atoms with E-state index in [0.717, 1.165) is 44.5 Å². The van der Waals surface area contributed by atoms with Crippen LogP contribution in [-0.2, 0) is 10.8 Å². The largest absolute Gasteiger partial charge is 0.435 e. The topological polar surface area (TPSA) is 29.3 Å². The van der Waals surface area contributed by atoms with Crippen molar-refractivity contribution in [3.63, 3.8) is 0 Å². The number of oxazole rings is 1. The standard InChI is InChI=1S/C47H36N2O/c1-46(2)38-20-12-10-16-32(38)34-24-22-30(26-40(34)46)49(31-23-25-35-33-17-11-13-21-39(33)47(3,4)41(35)27-31)43-28-42-44(37-19-9-8-18-36(37)43)50-45(48-42)29-14-6-5-7-15-29/h5-28H,1-4H3. The van der Waals surface area contributed by atoms with Crippen LogP contribution in [0.15, 0.2) is 150 Å². The van der Waals surface area contributed by atoms with Crippen LogP contribution >= 0.6 is 0 Å². The van der Waals surface area contributed by atoms with Gasteiger partial charge in [-0.1, -0.05) is 131 Å². The summed E-state index contributed by atoms with van der Waals surface area (Å²) in [5.41, 5.74) is 16.4. The summed E-state index contributed by atoms with van der Waals surface area (Å²) in [6.45, 7) is 9.40. The van der Waals surface area contributed by atoms with Crippen molar-refractivity contribution in [2.24, 2.45) is 0 Å². The average molecular weight is 645 g/mol. The quantitative estimate of drug-likeness (QED) is 0.191. The predicted molar refractivity (Wildman–Crippen MR) is 207 cm³/mol. The van der Waals surface area contributed by atoms with Gasteiger partial charge in [0.05, 0.1) is 5.69 Å². The molecule has 1 heterocycles. The van der Waals surface area contributed by atoms with E-state index in [0.29, 0.717) is 5.89 Å². The molecular weight excluding hydrogens is 609 g/mol. The monoisotopic (exact) mass is 644 g/mol. The zero-order valence-corrected chi connectivity index (χ0v) is 28.7. The first-order chi connectivity index (χ1) is 24.3. The summed E-state index contributed by atoms with van der Waals surface area (Å²) >= 11 is 0. The lowest BCUT2D eigenvalue weighted by Crippen LogP contribution is -2.18. The van der Waals surface area contributed by atoms with E-state index in [-0.39, 0.29) is 10.8 Å². The van der Waals surface area contributed by atoms with Crippen molar-refractivity contribution < 1.29 is 4.42 Å². The third-order valence-corrected chi connectivity index (χ3v) is 11.3. The first-order valence-electron chi connectivity index (χ1n) is 17.5. The van der Waals surface area contributed by atoms with Crippen molar-refractivity contribution >= 4 is 38.9 Å². The maximum atomic E-state index is 6.53. The Bertz CT molecular complexity index is 2550. The Morgan fingerprint density at radius 2 is 0.980 bits per heavy atom. The molecule has 50 heavy (non-hydrogen) atoms. The van der Waals surface area contributed by atoms with E-state index in [1.807, 2.05) is 18.2 Å². The Morgan fingerprint density at radius 3 is 1.58 bits per heavy atom. The maximum Gasteiger partial charge on any atom is 0.227 e. The summed E-state index contributed by atoms with van der Waals surface area (Å²) in [6.07, 6.45) is 0. The molecule has 7 aromatic carbocycles. The summed E-state index contributed by atoms with van der Waals surface area (Å²) in [4.78, 5) is 7.53. The Balaban J connectivity index is 1.24. The first-order valence-corrected chi connectivity index (χ1v) is 17.5. The van der Waals surface area contributed by atoms with Crippen LogP contribution < -0.4 is 4.90 Å². The fourth-order valence-electron chi connectivity index (χ4n) is 8.71. The van der Waals surface area contributed by atoms with E-state index in [4.69, 9.17) is 9.40 Å². The van der Waals surface area contributed by atoms with Crippen LogP contribution in [0.25, 0.3) is 55.6 Å². The Labute approximate surface area is 292 Å². The van der Waals surface area contributed by atoms with Gasteiger partial charge >= 0.3 is 0 Å². The molecule has 0 bridgehead atoms. The summed E-state index contributed by atoms with van der Waals surface area (Å²) in [5, 5.41) is 2.16. The predicted octanol–water partition coefficient (Wildman–Crippen LogP) is 12.7. The summed E-state index contributed by atoms with van der Waals surface area (Å²) in [7, 11) is 0. The van der Waals surface area contributed by atoms with Gasteiger partial charge in [-0.3, -0.25) is 0 Å². The van der Waals surface area contributed by atoms with Gasteiger partial charge in [-0.05, 0) is 87.0 Å². The molecule has 2 aliphatic rings. The fraction of sp³-hybridized carbons (Fsp3) is 0.128. The molecule has 0 fully saturated rings. The number of nitrogens with zero attached hydrogens (tertiary/aromatic N) is 2. The lowest BCUT2D eigenvalue weighted by Gasteiger charge is -2.30. The van der Waals surface area contributed by atoms with Crippen molar-refractivity contribution in [2.45, 2.75) is 38.5 Å². The van der Waals surface area contributed by atoms with E-state index in [1.165, 1.54) is 44.5 Å². The molecule has 10 rings (SSSR count). The summed E-state index contributed by atoms with van der Waals surface area (Å²) in [5.74, 6) is 0.628. The van der Waals surface area contributed by atoms with Gasteiger partial charge in [0.15, 0.2) is 5.58 Å². The van der Waals surface area contributed by atoms with Crippen LogP contribution in [0.3, 0.4) is 0 Å². The second kappa shape index (κ2) is 10.3. The van der Waals surface area contributed by atoms with E-state index in [9.17, 15) is 0 Å². The van der Waals surface area contributed by atoms with Gasteiger partial charge in [-0.25, -0.2) is 4.98 Å². The fourth-order valence-corrected chi connectivity index (χ4v) is 8.71. The molecule has 0 saturated heterocycles. The number of fused-ring (bicyclic) bond motifs is 9. The van der Waals surface area contributed by atoms with Crippen molar-refractivity contribution in [3.05, 3.63) is 168 Å². The van der Waals surface area contributed by atoms with Crippen LogP contribution in [0.4, 0.5) is 17.1 Å². The molecule has 8 aromatic rings. The molecule has 0 radical (unpaired) electrons. The Kier molecular flexibility index (Phi) is 5.97. The average Bonchev–Trinajstić information content (AvgIpc) is 3.76. The van der Waals surface area contributed by atoms with Gasteiger partial charge in [0, 0.05) is 38.5 Å². The molecule has 1 aromatic heterocycles. The van der Waals surface area contributed by atoms with Gasteiger partial charge in [-0.2, -0.15) is 0 Å². The van der Waals surface area contributed by atoms with Crippen molar-refractivity contribution in [1.82, 2.24) is 4.98 Å². The zero-order valence-electron chi connectivity index (χ0n) is 28.7. The number of rotatable bonds is 4. The zero-order chi connectivity index (χ0) is 33.8. The molecule has 0 N–H and O–H groups in total. The van der Waals surface area contributed by atoms with Crippen molar-refractivity contribution in [2.75, 3.05) is 4.90 Å². The van der Waals surface area contributed by atoms with Gasteiger partial charge < -0.3 is 9.32 Å². The van der Waals surface area contributed by atoms with Crippen molar-refractivity contribution in [1.29, 1.82) is 0 Å². The third-order valence-electron chi connectivity index (χ3n) is 11.3. The second-order valence-electron chi connectivity index (χ2n) is 14.8. The molecule has 2 aliphatic carbocycles. The second-order valence-corrected chi connectivity index (χ2v) is 14.8. The highest BCUT2D eigenvalue weighted by molar-refractivity contribution is 6.12. The smallest absolute Gasteiger partial charge is 0.227 e. The lowest BCUT2D eigenvalue weighted by atomic mass is 9.82. The number of anilines is 3. The van der Waals surface area contributed by atoms with Gasteiger partial charge in [0.25, 0.3) is 0 Å². The van der Waals surface area contributed by atoms with Crippen LogP contribution in [0, 0.1) is 0 Å². The first kappa shape index (κ1) is 29.0. The van der Waals surface area contributed by atoms with E-state index >= 15 is 0 Å². The van der Waals surface area contributed by atoms with Crippen LogP contribution in [0.5, 0.6) is 0 Å². The minimum absolute atomic E-state index is 0.127. The molecule has 3 nitrogen and oxygen atoms in total. The van der Waals surface area contributed by atoms with Crippen LogP contribution in [-0.4, -0.2) is 4.98 Å². The number of aromatic nitrogens is 1. The maximum absolute atomic E-state index is 6.53. The Morgan fingerprint density at radius 1 is 0.480 bits per heavy atom. The van der Waals surface area contributed by atoms with Gasteiger partial charge in [0.2, 0.25) is 5.89 Å². The molecule has 3 heteroatoms. The lowest BCUT2D eigenvalue weighted by molar-refractivity contribution is 0.623. The minimum Gasteiger partial charge on any atom is -0.435 e. The number of hydrogen-bond acceptors (Lipinski definition) is 3. The van der Waals surface area contributed by atoms with E-state index in [2.05, 4.69) is 160 Å². The number of benzene rings is 7. The van der Waals surface area contributed by atoms with Gasteiger partial charge in [-0.15, -0.1) is 0 Å². The van der Waals surface area contributed by atoms with Crippen LogP contribution in [0.2, 0.25) is 0 Å². The SMILES string of the molecule is CC1(C)c2ccccc2-c2ccc(N(c3ccc4c(c3)C(C)(C)c3ccccc3-4)c3cc4nc(-c5ccccc5)oc4c4ccccc34)cc21. The molecule has 0 spiro atoms. The highest BCUT2D eigenvalue weighted by Crippen LogP contribution is 2.54. The molecule has 0 atom stereocenters. The normalized spacial score (nSPS) is 14.7. The van der Waals surface area contributed by atoms with Crippen molar-refractivity contribution in [3.8, 4) is 33.7 Å². The third kappa shape index (κ3) is 4.01. The molecular formula is C47H36N2O. The molecule has 0 amide bonds. The molecule has 240 valence electrons. The summed E-state index contributed by atoms with van der Waals surface area (Å²) in [6, 6.07) is 52.7. The van der Waals surface area contributed by atoms with Crippen LogP contribution in [0.1, 0.15) is 49.9 Å². The number of hydrogen-bond donors (Lipinski definition) is 0. The van der Waals surface area contributed by atoms with Gasteiger partial charge in [0.1, 0.15) is 5.52 Å². The van der Waals surface area contributed by atoms with E-state index < -0.39 is 0 Å². The molecule has 0 unspecified atom stereocenters. The Hall–Kier alpha value is -5.93. The molecule has 0 aliphatic heterocycles. The minimum atomic E-state index is -0.127. The highest BCUT2D eigenvalue weighted by Gasteiger charge is 2.38. The van der Waals surface area contributed by atoms with E-state index in [1.54, 1.807) is 0 Å². The summed E-state index contributed by atoms with van der Waals surface area (Å²) < 4.78 is 6.53. The highest BCUT2D eigenvalue weighted by atomic mass is 16.3. The molecule has 0 saturated carbocycles.